The Morgan fingerprint density at radius 3 is 3.09 bits per heavy atom. The number of aryl methyl sites for hydroxylation is 1. The van der Waals surface area contributed by atoms with Gasteiger partial charge in [0.05, 0.1) is 15.2 Å². The third-order valence-electron chi connectivity index (χ3n) is 1.47. The molecule has 1 aromatic carbocycles. The first kappa shape index (κ1) is 6.61. The molecule has 1 aromatic heterocycles. The summed E-state index contributed by atoms with van der Waals surface area (Å²) in [6.07, 6.45) is 0. The summed E-state index contributed by atoms with van der Waals surface area (Å²) in [5.41, 5.74) is 0.819. The van der Waals surface area contributed by atoms with Crippen LogP contribution in [-0.2, 0) is 5.11 Å². The Balaban J connectivity index is 2.82. The van der Waals surface area contributed by atoms with E-state index in [0.717, 1.165) is 15.2 Å². The van der Waals surface area contributed by atoms with Crippen LogP contribution in [0.1, 0.15) is 5.01 Å². The highest BCUT2D eigenvalue weighted by Crippen LogP contribution is 2.24. The Kier molecular flexibility index (Phi) is 1.32. The first-order valence-corrected chi connectivity index (χ1v) is 4.11. The van der Waals surface area contributed by atoms with Gasteiger partial charge < -0.3 is 0 Å². The Morgan fingerprint density at radius 2 is 2.27 bits per heavy atom. The lowest BCUT2D eigenvalue weighted by molar-refractivity contribution is 0.355. The van der Waals surface area contributed by atoms with Crippen LogP contribution in [0.2, 0.25) is 0 Å². The second-order valence-corrected chi connectivity index (χ2v) is 3.60. The van der Waals surface area contributed by atoms with E-state index in [1.807, 2.05) is 13.0 Å². The highest BCUT2D eigenvalue weighted by molar-refractivity contribution is 7.18. The van der Waals surface area contributed by atoms with E-state index in [-0.39, 0.29) is 5.75 Å². The Labute approximate surface area is 68.1 Å². The smallest absolute Gasteiger partial charge is 0.180 e. The predicted molar refractivity (Wildman–Crippen MR) is 44.5 cm³/mol. The van der Waals surface area contributed by atoms with Gasteiger partial charge in [-0.15, -0.1) is 11.3 Å². The van der Waals surface area contributed by atoms with Crippen LogP contribution in [0.5, 0.6) is 5.75 Å². The maximum absolute atomic E-state index is 10.9. The molecule has 2 rings (SSSR count). The second kappa shape index (κ2) is 2.20. The van der Waals surface area contributed by atoms with Crippen LogP contribution in [0.25, 0.3) is 10.2 Å². The summed E-state index contributed by atoms with van der Waals surface area (Å²) in [5.74, 6) is 0.0304. The molecule has 1 radical (unpaired) electrons. The third kappa shape index (κ3) is 1.07. The molecular formula is C8H6NOS. The minimum atomic E-state index is 0.0304. The number of thiazole rings is 1. The molecule has 0 saturated carbocycles. The highest BCUT2D eigenvalue weighted by Gasteiger charge is 2.00. The van der Waals surface area contributed by atoms with Crippen molar-refractivity contribution in [2.45, 2.75) is 6.92 Å². The van der Waals surface area contributed by atoms with Crippen molar-refractivity contribution in [3.8, 4) is 5.75 Å². The van der Waals surface area contributed by atoms with Gasteiger partial charge in [0.25, 0.3) is 0 Å². The van der Waals surface area contributed by atoms with Gasteiger partial charge >= 0.3 is 0 Å². The number of nitrogens with zero attached hydrogens (tertiary/aromatic N) is 1. The Morgan fingerprint density at radius 1 is 1.45 bits per heavy atom. The third-order valence-corrected chi connectivity index (χ3v) is 2.42. The zero-order valence-electron chi connectivity index (χ0n) is 6.00. The molecule has 0 aliphatic carbocycles. The lowest BCUT2D eigenvalue weighted by Crippen LogP contribution is -1.66. The number of rotatable bonds is 0. The van der Waals surface area contributed by atoms with Crippen LogP contribution in [-0.4, -0.2) is 4.98 Å². The average molecular weight is 164 g/mol. The van der Waals surface area contributed by atoms with Crippen molar-refractivity contribution in [1.29, 1.82) is 0 Å². The lowest BCUT2D eigenvalue weighted by atomic mass is 10.3. The summed E-state index contributed by atoms with van der Waals surface area (Å²) in [6.45, 7) is 1.94. The van der Waals surface area contributed by atoms with Gasteiger partial charge in [-0.25, -0.2) is 4.98 Å². The number of benzene rings is 1. The molecule has 55 valence electrons. The van der Waals surface area contributed by atoms with Crippen molar-refractivity contribution in [1.82, 2.24) is 4.98 Å². The summed E-state index contributed by atoms with van der Waals surface area (Å²) in [7, 11) is 0. The van der Waals surface area contributed by atoms with E-state index in [1.54, 1.807) is 23.5 Å². The van der Waals surface area contributed by atoms with Crippen LogP contribution in [0, 0.1) is 6.92 Å². The van der Waals surface area contributed by atoms with Crippen LogP contribution < -0.4 is 0 Å². The molecule has 0 N–H and O–H groups in total. The van der Waals surface area contributed by atoms with Crippen molar-refractivity contribution in [3.63, 3.8) is 0 Å². The van der Waals surface area contributed by atoms with Crippen molar-refractivity contribution in [2.75, 3.05) is 0 Å². The first-order chi connectivity index (χ1) is 5.25. The van der Waals surface area contributed by atoms with Gasteiger partial charge in [0.2, 0.25) is 0 Å². The molecule has 0 unspecified atom stereocenters. The molecular weight excluding hydrogens is 158 g/mol. The molecule has 0 saturated heterocycles. The van der Waals surface area contributed by atoms with Gasteiger partial charge in [0.15, 0.2) is 5.75 Å². The molecule has 0 aliphatic heterocycles. The molecule has 0 fully saturated rings. The van der Waals surface area contributed by atoms with E-state index in [0.29, 0.717) is 0 Å². The number of aromatic nitrogens is 1. The standard InChI is InChI=1S/C8H6NOS/c1-5-9-7-4-6(10)2-3-8(7)11-5/h2-4H,1H3. The van der Waals surface area contributed by atoms with Crippen LogP contribution in [0.4, 0.5) is 0 Å². The summed E-state index contributed by atoms with van der Waals surface area (Å²) in [6, 6.07) is 4.96. The number of fused-ring (bicyclic) bond motifs is 1. The highest BCUT2D eigenvalue weighted by atomic mass is 32.1. The fourth-order valence-electron chi connectivity index (χ4n) is 1.02. The minimum absolute atomic E-state index is 0.0304. The van der Waals surface area contributed by atoms with Crippen molar-refractivity contribution in [2.24, 2.45) is 0 Å². The molecule has 0 bridgehead atoms. The van der Waals surface area contributed by atoms with E-state index in [2.05, 4.69) is 4.98 Å². The van der Waals surface area contributed by atoms with Crippen molar-refractivity contribution >= 4 is 21.6 Å². The Hall–Kier alpha value is -1.09. The molecule has 3 heteroatoms. The summed E-state index contributed by atoms with van der Waals surface area (Å²) in [4.78, 5) is 4.19. The lowest BCUT2D eigenvalue weighted by Gasteiger charge is -1.84. The zero-order chi connectivity index (χ0) is 7.84. The SMILES string of the molecule is Cc1nc2cc([O])ccc2s1. The quantitative estimate of drug-likeness (QED) is 0.589. The molecule has 2 nitrogen and oxygen atoms in total. The van der Waals surface area contributed by atoms with E-state index in [4.69, 9.17) is 0 Å². The van der Waals surface area contributed by atoms with Gasteiger partial charge in [-0.1, -0.05) is 0 Å². The molecule has 0 aliphatic rings. The van der Waals surface area contributed by atoms with E-state index in [9.17, 15) is 5.11 Å². The van der Waals surface area contributed by atoms with Gasteiger partial charge in [-0.3, -0.25) is 5.11 Å². The van der Waals surface area contributed by atoms with Crippen LogP contribution in [0.15, 0.2) is 18.2 Å². The molecule has 0 atom stereocenters. The largest absolute Gasteiger partial charge is 0.290 e. The predicted octanol–water partition coefficient (Wildman–Crippen LogP) is 2.75. The first-order valence-electron chi connectivity index (χ1n) is 3.30. The molecule has 0 spiro atoms. The minimum Gasteiger partial charge on any atom is -0.290 e. The fraction of sp³-hybridized carbons (Fsp3) is 0.125. The zero-order valence-corrected chi connectivity index (χ0v) is 6.81. The summed E-state index contributed by atoms with van der Waals surface area (Å²) >= 11 is 1.61. The Bertz CT molecular complexity index is 394. The van der Waals surface area contributed by atoms with Gasteiger partial charge in [0, 0.05) is 6.07 Å². The van der Waals surface area contributed by atoms with Crippen molar-refractivity contribution in [3.05, 3.63) is 23.2 Å². The monoisotopic (exact) mass is 164 g/mol. The topological polar surface area (TPSA) is 32.8 Å². The van der Waals surface area contributed by atoms with Crippen LogP contribution >= 0.6 is 11.3 Å². The van der Waals surface area contributed by atoms with Gasteiger partial charge in [0.1, 0.15) is 0 Å². The van der Waals surface area contributed by atoms with Gasteiger partial charge in [-0.2, -0.15) is 0 Å². The van der Waals surface area contributed by atoms with Crippen LogP contribution in [0.3, 0.4) is 0 Å². The second-order valence-electron chi connectivity index (χ2n) is 2.36. The maximum atomic E-state index is 10.9. The normalized spacial score (nSPS) is 10.6. The summed E-state index contributed by atoms with van der Waals surface area (Å²) < 4.78 is 1.09. The van der Waals surface area contributed by atoms with E-state index in [1.165, 1.54) is 0 Å². The van der Waals surface area contributed by atoms with E-state index >= 15 is 0 Å². The van der Waals surface area contributed by atoms with Gasteiger partial charge in [-0.05, 0) is 19.1 Å². The fourth-order valence-corrected chi connectivity index (χ4v) is 1.83. The number of hydrogen-bond donors (Lipinski definition) is 0. The molecule has 1 heterocycles. The number of hydrogen-bond acceptors (Lipinski definition) is 2. The summed E-state index contributed by atoms with van der Waals surface area (Å²) in [5, 5.41) is 11.9. The van der Waals surface area contributed by atoms with E-state index < -0.39 is 0 Å². The molecule has 2 aromatic rings. The molecule has 0 amide bonds. The molecule has 11 heavy (non-hydrogen) atoms. The average Bonchev–Trinajstić information content (AvgIpc) is 2.27. The van der Waals surface area contributed by atoms with Crippen molar-refractivity contribution < 1.29 is 5.11 Å². The maximum Gasteiger partial charge on any atom is 0.180 e.